The van der Waals surface area contributed by atoms with E-state index < -0.39 is 103 Å². The van der Waals surface area contributed by atoms with Gasteiger partial charge in [-0.2, -0.15) is 13.2 Å². The summed E-state index contributed by atoms with van der Waals surface area (Å²) in [4.78, 5) is 46.8. The molecule has 12 nitrogen and oxygen atoms in total. The summed E-state index contributed by atoms with van der Waals surface area (Å²) in [6, 6.07) is 6.84. The Kier molecular flexibility index (Phi) is 12.7. The van der Waals surface area contributed by atoms with Crippen molar-refractivity contribution in [3.8, 4) is 22.8 Å². The van der Waals surface area contributed by atoms with Gasteiger partial charge in [0.2, 0.25) is 5.60 Å². The first-order valence-electron chi connectivity index (χ1n) is 18.0. The lowest BCUT2D eigenvalue weighted by molar-refractivity contribution is -0.265. The number of alkyl halides is 5. The first kappa shape index (κ1) is 44.4. The lowest BCUT2D eigenvalue weighted by Gasteiger charge is -2.31. The van der Waals surface area contributed by atoms with E-state index in [2.05, 4.69) is 15.3 Å². The van der Waals surface area contributed by atoms with E-state index >= 15 is 4.39 Å². The smallest absolute Gasteiger partial charge is 0.424 e. The SMILES string of the molecule is COc1cc(C(=O)NC[C@](O)(c2cc3c(c(-c4ccc(F)cc4)n2)OCC3(CF)CF)C(F)(F)F)cc2cc(F)c(COC(=O)[C@@H](NC(=O)OC(C)(C)C)C(C)C)nc12. The molecule has 0 radical (unpaired) electrons. The number of methoxy groups -OCH3 is 1. The minimum Gasteiger partial charge on any atom is -0.494 e. The molecule has 318 valence electrons. The van der Waals surface area contributed by atoms with Crippen LogP contribution in [0.2, 0.25) is 0 Å². The van der Waals surface area contributed by atoms with Crippen LogP contribution in [0.1, 0.15) is 61.9 Å². The second-order valence-electron chi connectivity index (χ2n) is 15.3. The van der Waals surface area contributed by atoms with Gasteiger partial charge in [-0.15, -0.1) is 0 Å². The largest absolute Gasteiger partial charge is 0.494 e. The second-order valence-corrected chi connectivity index (χ2v) is 15.3. The van der Waals surface area contributed by atoms with Crippen LogP contribution in [-0.2, 0) is 31.9 Å². The first-order chi connectivity index (χ1) is 27.6. The van der Waals surface area contributed by atoms with E-state index in [0.29, 0.717) is 6.07 Å². The lowest BCUT2D eigenvalue weighted by atomic mass is 9.82. The second kappa shape index (κ2) is 16.9. The average molecular weight is 839 g/mol. The van der Waals surface area contributed by atoms with Gasteiger partial charge in [-0.3, -0.25) is 4.79 Å². The number of aromatic nitrogens is 2. The number of halogens is 7. The maximum absolute atomic E-state index is 15.4. The summed E-state index contributed by atoms with van der Waals surface area (Å²) in [6.07, 6.45) is -6.43. The number of alkyl carbamates (subject to hydrolysis) is 1. The van der Waals surface area contributed by atoms with Gasteiger partial charge >= 0.3 is 18.2 Å². The molecule has 2 amide bonds. The molecule has 2 aromatic heterocycles. The number of rotatable bonds is 13. The highest BCUT2D eigenvalue weighted by atomic mass is 19.4. The minimum atomic E-state index is -5.55. The van der Waals surface area contributed by atoms with Crippen molar-refractivity contribution in [2.75, 3.05) is 33.6 Å². The number of carbonyl (C=O) groups is 3. The number of nitrogens with zero attached hydrogens (tertiary/aromatic N) is 2. The van der Waals surface area contributed by atoms with Gasteiger partial charge in [-0.1, -0.05) is 13.8 Å². The quantitative estimate of drug-likeness (QED) is 0.0954. The average Bonchev–Trinajstić information content (AvgIpc) is 3.55. The Bertz CT molecular complexity index is 2230. The molecule has 0 spiro atoms. The summed E-state index contributed by atoms with van der Waals surface area (Å²) in [5.74, 6) is -4.67. The van der Waals surface area contributed by atoms with Crippen LogP contribution < -0.4 is 20.1 Å². The van der Waals surface area contributed by atoms with Crippen LogP contribution in [0.5, 0.6) is 11.5 Å². The monoisotopic (exact) mass is 838 g/mol. The number of hydrogen-bond donors (Lipinski definition) is 3. The molecule has 0 unspecified atom stereocenters. The fourth-order valence-electron chi connectivity index (χ4n) is 6.10. The lowest BCUT2D eigenvalue weighted by Crippen LogP contribution is -2.51. The summed E-state index contributed by atoms with van der Waals surface area (Å²) in [6.45, 7) is 2.54. The molecule has 5 rings (SSSR count). The van der Waals surface area contributed by atoms with Crippen molar-refractivity contribution in [2.45, 2.75) is 70.1 Å². The van der Waals surface area contributed by atoms with Crippen molar-refractivity contribution in [2.24, 2.45) is 5.92 Å². The van der Waals surface area contributed by atoms with Crippen molar-refractivity contribution in [1.82, 2.24) is 20.6 Å². The predicted molar refractivity (Wildman–Crippen MR) is 197 cm³/mol. The number of amides is 2. The molecular weight excluding hydrogens is 797 g/mol. The highest BCUT2D eigenvalue weighted by Gasteiger charge is 2.57. The van der Waals surface area contributed by atoms with E-state index in [1.165, 1.54) is 7.11 Å². The van der Waals surface area contributed by atoms with E-state index in [-0.39, 0.29) is 50.5 Å². The van der Waals surface area contributed by atoms with Crippen LogP contribution in [0.25, 0.3) is 22.2 Å². The molecule has 3 N–H and O–H groups in total. The highest BCUT2D eigenvalue weighted by Crippen LogP contribution is 2.48. The van der Waals surface area contributed by atoms with Crippen molar-refractivity contribution in [3.63, 3.8) is 0 Å². The summed E-state index contributed by atoms with van der Waals surface area (Å²) < 4.78 is 124. The number of esters is 1. The van der Waals surface area contributed by atoms with Gasteiger partial charge in [-0.25, -0.2) is 37.1 Å². The molecule has 19 heteroatoms. The third kappa shape index (κ3) is 9.29. The molecule has 0 aliphatic carbocycles. The first-order valence-corrected chi connectivity index (χ1v) is 18.0. The Morgan fingerprint density at radius 2 is 1.64 bits per heavy atom. The number of aliphatic hydroxyl groups is 1. The van der Waals surface area contributed by atoms with Crippen molar-refractivity contribution < 1.29 is 69.2 Å². The fraction of sp³-hybridized carbons (Fsp3) is 0.425. The van der Waals surface area contributed by atoms with Gasteiger partial charge < -0.3 is 34.7 Å². The molecule has 0 saturated carbocycles. The van der Waals surface area contributed by atoms with E-state index in [1.807, 2.05) is 5.32 Å². The van der Waals surface area contributed by atoms with E-state index in [4.69, 9.17) is 18.9 Å². The van der Waals surface area contributed by atoms with Crippen LogP contribution >= 0.6 is 0 Å². The number of pyridine rings is 2. The Balaban J connectivity index is 1.42. The maximum Gasteiger partial charge on any atom is 0.424 e. The minimum absolute atomic E-state index is 0.00644. The molecule has 1 aliphatic rings. The number of ether oxygens (including phenoxy) is 4. The van der Waals surface area contributed by atoms with Crippen LogP contribution in [0.15, 0.2) is 48.5 Å². The Labute approximate surface area is 333 Å². The number of nitrogens with one attached hydrogen (secondary N) is 2. The Morgan fingerprint density at radius 3 is 2.22 bits per heavy atom. The van der Waals surface area contributed by atoms with E-state index in [9.17, 15) is 45.8 Å². The van der Waals surface area contributed by atoms with Crippen LogP contribution in [-0.4, -0.2) is 84.5 Å². The molecule has 0 bridgehead atoms. The third-order valence-electron chi connectivity index (χ3n) is 9.40. The van der Waals surface area contributed by atoms with Crippen molar-refractivity contribution >= 4 is 28.9 Å². The van der Waals surface area contributed by atoms with Crippen LogP contribution in [0.4, 0.5) is 35.5 Å². The number of benzene rings is 2. The molecule has 0 fully saturated rings. The van der Waals surface area contributed by atoms with Crippen LogP contribution in [0, 0.1) is 17.6 Å². The molecule has 1 aliphatic heterocycles. The van der Waals surface area contributed by atoms with Crippen molar-refractivity contribution in [3.05, 3.63) is 82.7 Å². The zero-order valence-electron chi connectivity index (χ0n) is 32.7. The van der Waals surface area contributed by atoms with Crippen molar-refractivity contribution in [1.29, 1.82) is 0 Å². The normalized spacial score (nSPS) is 15.2. The number of hydrogen-bond acceptors (Lipinski definition) is 10. The number of fused-ring (bicyclic) bond motifs is 2. The summed E-state index contributed by atoms with van der Waals surface area (Å²) in [5, 5.41) is 15.7. The van der Waals surface area contributed by atoms with E-state index in [0.717, 1.165) is 42.5 Å². The highest BCUT2D eigenvalue weighted by molar-refractivity contribution is 6.00. The van der Waals surface area contributed by atoms with Gasteiger partial charge in [0.25, 0.3) is 5.91 Å². The van der Waals surface area contributed by atoms with Gasteiger partial charge in [0.15, 0.2) is 0 Å². The molecule has 3 heterocycles. The topological polar surface area (TPSA) is 158 Å². The molecule has 59 heavy (non-hydrogen) atoms. The summed E-state index contributed by atoms with van der Waals surface area (Å²) in [5.41, 5.74) is -9.48. The molecule has 2 atom stereocenters. The van der Waals surface area contributed by atoms with Gasteiger partial charge in [0.05, 0.1) is 24.8 Å². The Hall–Kier alpha value is -5.72. The summed E-state index contributed by atoms with van der Waals surface area (Å²) in [7, 11) is 1.18. The van der Waals surface area contributed by atoms with Gasteiger partial charge in [0, 0.05) is 22.1 Å². The maximum atomic E-state index is 15.4. The molecule has 2 aromatic carbocycles. The van der Waals surface area contributed by atoms with Gasteiger partial charge in [-0.05, 0) is 75.2 Å². The molecule has 0 saturated heterocycles. The Morgan fingerprint density at radius 1 is 0.983 bits per heavy atom. The van der Waals surface area contributed by atoms with Crippen LogP contribution in [0.3, 0.4) is 0 Å². The fourth-order valence-corrected chi connectivity index (χ4v) is 6.10. The number of carbonyl (C=O) groups excluding carboxylic acids is 3. The molecule has 4 aromatic rings. The zero-order valence-corrected chi connectivity index (χ0v) is 32.7. The third-order valence-corrected chi connectivity index (χ3v) is 9.40. The van der Waals surface area contributed by atoms with Gasteiger partial charge in [0.1, 0.15) is 78.2 Å². The standard InChI is InChI=1S/C40H41F7N4O8/c1-20(2)30(51-36(54)59-37(3,4)5)35(53)57-15-27-26(44)12-22-11-23(13-28(56-6)31(22)49-27)34(52)48-18-39(55,40(45,46)47)29-14-25-33(58-19-38(25,16-41)17-42)32(50-29)21-7-9-24(43)10-8-21/h7-14,20,30,55H,15-19H2,1-6H3,(H,48,52)(H,51,54)/t30-,39-/m0/s1. The molecular formula is C40H41F7N4O8. The summed E-state index contributed by atoms with van der Waals surface area (Å²) >= 11 is 0. The zero-order chi connectivity index (χ0) is 43.7. The predicted octanol–water partition coefficient (Wildman–Crippen LogP) is 6.93. The van der Waals surface area contributed by atoms with E-state index in [1.54, 1.807) is 34.6 Å².